The van der Waals surface area contributed by atoms with E-state index < -0.39 is 24.0 Å². The monoisotopic (exact) mass is 482 g/mol. The number of ether oxygens (including phenoxy) is 1. The van der Waals surface area contributed by atoms with Crippen molar-refractivity contribution in [2.75, 3.05) is 24.7 Å². The molecule has 34 heavy (non-hydrogen) atoms. The van der Waals surface area contributed by atoms with Crippen molar-refractivity contribution in [3.8, 4) is 11.1 Å². The third kappa shape index (κ3) is 5.06. The number of carboxylic acid groups (broad SMARTS) is 1. The molecular weight excluding hydrogens is 452 g/mol. The Morgan fingerprint density at radius 2 is 1.71 bits per heavy atom. The first-order chi connectivity index (χ1) is 16.4. The molecule has 1 fully saturated rings. The van der Waals surface area contributed by atoms with Gasteiger partial charge in [0.25, 0.3) is 0 Å². The van der Waals surface area contributed by atoms with Gasteiger partial charge in [-0.15, -0.1) is 0 Å². The molecule has 1 saturated heterocycles. The summed E-state index contributed by atoms with van der Waals surface area (Å²) in [6, 6.07) is 15.5. The van der Waals surface area contributed by atoms with Gasteiger partial charge >= 0.3 is 12.1 Å². The second-order valence-corrected chi connectivity index (χ2v) is 10.1. The van der Waals surface area contributed by atoms with Crippen molar-refractivity contribution >= 4 is 29.7 Å². The topological polar surface area (TPSA) is 95.9 Å². The minimum absolute atomic E-state index is 0.0323. The van der Waals surface area contributed by atoms with Gasteiger partial charge in [0, 0.05) is 30.0 Å². The lowest BCUT2D eigenvalue weighted by atomic mass is 9.98. The predicted molar refractivity (Wildman–Crippen MR) is 132 cm³/mol. The molecule has 0 radical (unpaired) electrons. The maximum atomic E-state index is 13.1. The van der Waals surface area contributed by atoms with Crippen LogP contribution in [0.4, 0.5) is 4.79 Å². The highest BCUT2D eigenvalue weighted by Gasteiger charge is 2.34. The van der Waals surface area contributed by atoms with E-state index >= 15 is 0 Å². The van der Waals surface area contributed by atoms with E-state index in [4.69, 9.17) is 4.74 Å². The van der Waals surface area contributed by atoms with Crippen LogP contribution in [0.5, 0.6) is 0 Å². The van der Waals surface area contributed by atoms with Gasteiger partial charge in [0.2, 0.25) is 5.91 Å². The van der Waals surface area contributed by atoms with E-state index in [1.165, 1.54) is 0 Å². The van der Waals surface area contributed by atoms with Gasteiger partial charge in [0.15, 0.2) is 0 Å². The average Bonchev–Trinajstić information content (AvgIpc) is 3.15. The lowest BCUT2D eigenvalue weighted by Crippen LogP contribution is -2.52. The minimum atomic E-state index is -0.914. The average molecular weight is 483 g/mol. The summed E-state index contributed by atoms with van der Waals surface area (Å²) in [4.78, 5) is 38.6. The van der Waals surface area contributed by atoms with E-state index in [1.54, 1.807) is 30.5 Å². The Bertz CT molecular complexity index is 1030. The van der Waals surface area contributed by atoms with Crippen LogP contribution in [0.25, 0.3) is 11.1 Å². The molecule has 2 aliphatic rings. The summed E-state index contributed by atoms with van der Waals surface area (Å²) in [5.74, 6) is -0.197. The number of hydrogen-bond donors (Lipinski definition) is 2. The molecule has 1 aliphatic heterocycles. The number of aliphatic carboxylic acids is 1. The summed E-state index contributed by atoms with van der Waals surface area (Å²) < 4.78 is 5.60. The number of carbonyl (C=O) groups excluding carboxylic acids is 2. The zero-order chi connectivity index (χ0) is 24.2. The molecule has 3 atom stereocenters. The number of benzene rings is 2. The Morgan fingerprint density at radius 3 is 2.32 bits per heavy atom. The fourth-order valence-electron chi connectivity index (χ4n) is 4.74. The molecular formula is C26H30N2O5S. The lowest BCUT2D eigenvalue weighted by molar-refractivity contribution is -0.142. The van der Waals surface area contributed by atoms with Crippen LogP contribution in [0.15, 0.2) is 48.5 Å². The maximum Gasteiger partial charge on any atom is 0.407 e. The zero-order valence-corrected chi connectivity index (χ0v) is 20.2. The second-order valence-electron chi connectivity index (χ2n) is 8.91. The van der Waals surface area contributed by atoms with Crippen LogP contribution in [0.3, 0.4) is 0 Å². The highest BCUT2D eigenvalue weighted by molar-refractivity contribution is 7.99. The summed E-state index contributed by atoms with van der Waals surface area (Å²) in [5.41, 5.74) is 4.60. The van der Waals surface area contributed by atoms with Crippen LogP contribution in [0, 0.1) is 5.92 Å². The molecule has 2 N–H and O–H groups in total. The van der Waals surface area contributed by atoms with Gasteiger partial charge in [-0.3, -0.25) is 9.59 Å². The van der Waals surface area contributed by atoms with Crippen LogP contribution in [0.1, 0.15) is 37.3 Å². The Balaban J connectivity index is 1.35. The van der Waals surface area contributed by atoms with Crippen molar-refractivity contribution in [3.05, 3.63) is 59.7 Å². The number of carbonyl (C=O) groups is 3. The number of amides is 2. The van der Waals surface area contributed by atoms with Gasteiger partial charge < -0.3 is 20.1 Å². The summed E-state index contributed by atoms with van der Waals surface area (Å²) in [6.07, 6.45) is -0.634. The lowest BCUT2D eigenvalue weighted by Gasteiger charge is -2.37. The van der Waals surface area contributed by atoms with Crippen LogP contribution >= 0.6 is 11.8 Å². The van der Waals surface area contributed by atoms with Gasteiger partial charge in [0.05, 0.1) is 18.4 Å². The summed E-state index contributed by atoms with van der Waals surface area (Å²) in [5, 5.41) is 12.0. The van der Waals surface area contributed by atoms with Gasteiger partial charge in [-0.05, 0) is 29.2 Å². The summed E-state index contributed by atoms with van der Waals surface area (Å²) >= 11 is 1.66. The first-order valence-corrected chi connectivity index (χ1v) is 12.7. The maximum absolute atomic E-state index is 13.1. The number of carboxylic acids is 1. The van der Waals surface area contributed by atoms with E-state index in [1.807, 2.05) is 24.3 Å². The molecule has 0 bridgehead atoms. The minimum Gasteiger partial charge on any atom is -0.481 e. The van der Waals surface area contributed by atoms with Crippen molar-refractivity contribution in [1.82, 2.24) is 10.2 Å². The molecule has 0 spiro atoms. The first-order valence-electron chi connectivity index (χ1n) is 11.6. The Labute approximate surface area is 203 Å². The molecule has 1 aliphatic carbocycles. The third-order valence-corrected chi connectivity index (χ3v) is 7.84. The fraction of sp³-hybridized carbons (Fsp3) is 0.423. The fourth-order valence-corrected chi connectivity index (χ4v) is 5.80. The molecule has 1 heterocycles. The molecule has 7 nitrogen and oxygen atoms in total. The number of fused-ring (bicyclic) bond motifs is 3. The number of hydrogen-bond acceptors (Lipinski definition) is 5. The molecule has 8 heteroatoms. The van der Waals surface area contributed by atoms with Crippen LogP contribution in [0.2, 0.25) is 0 Å². The van der Waals surface area contributed by atoms with Gasteiger partial charge in [-0.2, -0.15) is 11.8 Å². The van der Waals surface area contributed by atoms with Gasteiger partial charge in [-0.1, -0.05) is 55.5 Å². The second kappa shape index (κ2) is 10.5. The predicted octanol–water partition coefficient (Wildman–Crippen LogP) is 3.97. The smallest absolute Gasteiger partial charge is 0.407 e. The van der Waals surface area contributed by atoms with E-state index in [9.17, 15) is 19.5 Å². The van der Waals surface area contributed by atoms with Crippen molar-refractivity contribution in [1.29, 1.82) is 0 Å². The zero-order valence-electron chi connectivity index (χ0n) is 19.4. The number of thioether (sulfide) groups is 1. The Hall–Kier alpha value is -3.00. The van der Waals surface area contributed by atoms with E-state index in [0.717, 1.165) is 28.0 Å². The molecule has 2 amide bonds. The molecule has 180 valence electrons. The van der Waals surface area contributed by atoms with Crippen molar-refractivity contribution in [2.24, 2.45) is 5.92 Å². The van der Waals surface area contributed by atoms with Crippen molar-refractivity contribution < 1.29 is 24.2 Å². The summed E-state index contributed by atoms with van der Waals surface area (Å²) in [7, 11) is 0. The summed E-state index contributed by atoms with van der Waals surface area (Å²) in [6.45, 7) is 4.26. The molecule has 2 aromatic carbocycles. The first kappa shape index (κ1) is 24.1. The van der Waals surface area contributed by atoms with E-state index in [0.29, 0.717) is 12.3 Å². The van der Waals surface area contributed by atoms with E-state index in [2.05, 4.69) is 29.6 Å². The Morgan fingerprint density at radius 1 is 1.09 bits per heavy atom. The molecule has 0 aromatic heterocycles. The SMILES string of the molecule is CC(NC(=O)OCC1c2ccccc2-c2ccccc21)C(C)C(=O)N1CCSCC1CC(=O)O. The van der Waals surface area contributed by atoms with Gasteiger partial charge in [0.1, 0.15) is 6.61 Å². The molecule has 0 saturated carbocycles. The highest BCUT2D eigenvalue weighted by Crippen LogP contribution is 2.44. The third-order valence-electron chi connectivity index (χ3n) is 6.75. The number of nitrogens with one attached hydrogen (secondary N) is 1. The number of alkyl carbamates (subject to hydrolysis) is 1. The molecule has 4 rings (SSSR count). The Kier molecular flexibility index (Phi) is 7.46. The molecule has 2 aromatic rings. The van der Waals surface area contributed by atoms with Gasteiger partial charge in [-0.25, -0.2) is 4.79 Å². The quantitative estimate of drug-likeness (QED) is 0.620. The van der Waals surface area contributed by atoms with Crippen LogP contribution in [-0.4, -0.2) is 64.7 Å². The van der Waals surface area contributed by atoms with Crippen LogP contribution < -0.4 is 5.32 Å². The molecule has 3 unspecified atom stereocenters. The van der Waals surface area contributed by atoms with E-state index in [-0.39, 0.29) is 30.9 Å². The largest absolute Gasteiger partial charge is 0.481 e. The van der Waals surface area contributed by atoms with Crippen LogP contribution in [-0.2, 0) is 14.3 Å². The standard InChI is InChI=1S/C26H30N2O5S/c1-16(25(31)28-11-12-34-15-18(28)13-24(29)30)17(2)27-26(32)33-14-23-21-9-5-3-7-19(21)20-8-4-6-10-22(20)23/h3-10,16-18,23H,11-15H2,1-2H3,(H,27,32)(H,29,30). The normalized spacial score (nSPS) is 19.0. The van der Waals surface area contributed by atoms with Crippen molar-refractivity contribution in [3.63, 3.8) is 0 Å². The number of rotatable bonds is 7. The highest BCUT2D eigenvalue weighted by atomic mass is 32.2. The number of nitrogens with zero attached hydrogens (tertiary/aromatic N) is 1. The van der Waals surface area contributed by atoms with Crippen molar-refractivity contribution in [2.45, 2.75) is 38.3 Å².